The van der Waals surface area contributed by atoms with Crippen LogP contribution in [-0.4, -0.2) is 15.0 Å². The maximum absolute atomic E-state index is 5.97. The molecule has 0 aliphatic heterocycles. The Balaban J connectivity index is 1.67. The van der Waals surface area contributed by atoms with Crippen LogP contribution in [0.15, 0.2) is 77.6 Å². The molecule has 4 heteroatoms. The normalized spacial score (nSPS) is 12.0. The van der Waals surface area contributed by atoms with Crippen molar-refractivity contribution in [2.24, 2.45) is 0 Å². The molecular weight excluding hydrogens is 358 g/mol. The van der Waals surface area contributed by atoms with Gasteiger partial charge in [-0.25, -0.2) is 15.0 Å². The van der Waals surface area contributed by atoms with Gasteiger partial charge in [0.1, 0.15) is 11.9 Å². The molecular formula is C25H21N3O. The van der Waals surface area contributed by atoms with E-state index in [1.807, 2.05) is 24.4 Å². The quantitative estimate of drug-likeness (QED) is 0.356. The van der Waals surface area contributed by atoms with Crippen molar-refractivity contribution in [2.45, 2.75) is 26.2 Å². The summed E-state index contributed by atoms with van der Waals surface area (Å²) in [5.74, 6) is 0. The standard InChI is InChI=1S/C25H21N3O/c1-25(2,3)23-13-21(27-15-28-23)18-12-20-19-11-17(16-7-5-4-6-8-16)9-10-22(19)29-24(20)26-14-18/h4-15H,1-3H3. The number of hydrogen-bond acceptors (Lipinski definition) is 4. The molecule has 4 nitrogen and oxygen atoms in total. The van der Waals surface area contributed by atoms with Crippen molar-refractivity contribution in [1.82, 2.24) is 15.0 Å². The Bertz CT molecular complexity index is 1330. The molecule has 3 heterocycles. The van der Waals surface area contributed by atoms with Crippen molar-refractivity contribution in [2.75, 3.05) is 0 Å². The Morgan fingerprint density at radius 2 is 1.52 bits per heavy atom. The summed E-state index contributed by atoms with van der Waals surface area (Å²) in [6.45, 7) is 6.44. The van der Waals surface area contributed by atoms with Crippen LogP contribution in [0.3, 0.4) is 0 Å². The van der Waals surface area contributed by atoms with E-state index in [9.17, 15) is 0 Å². The Hall–Kier alpha value is -3.53. The largest absolute Gasteiger partial charge is 0.438 e. The molecule has 142 valence electrons. The van der Waals surface area contributed by atoms with E-state index in [4.69, 9.17) is 4.42 Å². The summed E-state index contributed by atoms with van der Waals surface area (Å²) in [4.78, 5) is 13.5. The highest BCUT2D eigenvalue weighted by Crippen LogP contribution is 2.34. The zero-order valence-corrected chi connectivity index (χ0v) is 16.7. The molecule has 5 rings (SSSR count). The van der Waals surface area contributed by atoms with E-state index >= 15 is 0 Å². The minimum Gasteiger partial charge on any atom is -0.438 e. The first-order valence-corrected chi connectivity index (χ1v) is 9.70. The highest BCUT2D eigenvalue weighted by molar-refractivity contribution is 6.06. The molecule has 0 unspecified atom stereocenters. The maximum Gasteiger partial charge on any atom is 0.227 e. The summed E-state index contributed by atoms with van der Waals surface area (Å²) < 4.78 is 5.97. The van der Waals surface area contributed by atoms with Crippen LogP contribution in [-0.2, 0) is 5.41 Å². The monoisotopic (exact) mass is 379 g/mol. The highest BCUT2D eigenvalue weighted by atomic mass is 16.3. The molecule has 3 aromatic heterocycles. The lowest BCUT2D eigenvalue weighted by atomic mass is 9.91. The fourth-order valence-corrected chi connectivity index (χ4v) is 3.54. The zero-order chi connectivity index (χ0) is 20.0. The molecule has 0 bridgehead atoms. The number of nitrogens with zero attached hydrogens (tertiary/aromatic N) is 3. The Morgan fingerprint density at radius 1 is 0.724 bits per heavy atom. The Labute approximate surface area is 169 Å². The van der Waals surface area contributed by atoms with Crippen LogP contribution in [0.5, 0.6) is 0 Å². The van der Waals surface area contributed by atoms with Crippen LogP contribution in [0.2, 0.25) is 0 Å². The molecule has 0 N–H and O–H groups in total. The van der Waals surface area contributed by atoms with E-state index in [-0.39, 0.29) is 5.41 Å². The molecule has 5 aromatic rings. The maximum atomic E-state index is 5.97. The predicted octanol–water partition coefficient (Wildman–Crippen LogP) is 6.40. The van der Waals surface area contributed by atoms with Gasteiger partial charge in [-0.05, 0) is 35.4 Å². The number of hydrogen-bond donors (Lipinski definition) is 0. The van der Waals surface area contributed by atoms with Gasteiger partial charge in [-0.2, -0.15) is 0 Å². The summed E-state index contributed by atoms with van der Waals surface area (Å²) in [5, 5.41) is 2.05. The van der Waals surface area contributed by atoms with E-state index in [0.717, 1.165) is 38.9 Å². The van der Waals surface area contributed by atoms with Crippen LogP contribution < -0.4 is 0 Å². The molecule has 0 atom stereocenters. The van der Waals surface area contributed by atoms with E-state index in [1.54, 1.807) is 6.33 Å². The van der Waals surface area contributed by atoms with Gasteiger partial charge in [0.2, 0.25) is 5.71 Å². The number of rotatable bonds is 2. The van der Waals surface area contributed by atoms with Crippen molar-refractivity contribution >= 4 is 22.1 Å². The molecule has 0 saturated carbocycles. The van der Waals surface area contributed by atoms with Gasteiger partial charge < -0.3 is 4.42 Å². The van der Waals surface area contributed by atoms with Crippen molar-refractivity contribution in [3.05, 3.63) is 78.9 Å². The topological polar surface area (TPSA) is 51.8 Å². The van der Waals surface area contributed by atoms with Crippen molar-refractivity contribution in [3.8, 4) is 22.4 Å². The summed E-state index contributed by atoms with van der Waals surface area (Å²) in [5.41, 5.74) is 6.60. The molecule has 2 aromatic carbocycles. The Kier molecular flexibility index (Phi) is 3.95. The van der Waals surface area contributed by atoms with Crippen LogP contribution in [0.25, 0.3) is 44.5 Å². The second kappa shape index (κ2) is 6.52. The van der Waals surface area contributed by atoms with Gasteiger partial charge in [-0.1, -0.05) is 57.2 Å². The third-order valence-corrected chi connectivity index (χ3v) is 5.17. The van der Waals surface area contributed by atoms with Crippen LogP contribution in [0, 0.1) is 0 Å². The average Bonchev–Trinajstić information content (AvgIpc) is 3.11. The summed E-state index contributed by atoms with van der Waals surface area (Å²) in [7, 11) is 0. The Morgan fingerprint density at radius 3 is 2.31 bits per heavy atom. The van der Waals surface area contributed by atoms with E-state index in [0.29, 0.717) is 5.71 Å². The van der Waals surface area contributed by atoms with Crippen LogP contribution in [0.1, 0.15) is 26.5 Å². The van der Waals surface area contributed by atoms with Gasteiger partial charge in [0.15, 0.2) is 0 Å². The van der Waals surface area contributed by atoms with E-state index in [2.05, 4.69) is 78.2 Å². The van der Waals surface area contributed by atoms with Gasteiger partial charge in [0, 0.05) is 33.6 Å². The molecule has 0 radical (unpaired) electrons. The lowest BCUT2D eigenvalue weighted by molar-refractivity contribution is 0.567. The lowest BCUT2D eigenvalue weighted by Crippen LogP contribution is -2.13. The number of furan rings is 1. The van der Waals surface area contributed by atoms with E-state index in [1.165, 1.54) is 5.56 Å². The second-order valence-electron chi connectivity index (χ2n) is 8.29. The molecule has 0 spiro atoms. The number of pyridine rings is 1. The fraction of sp³-hybridized carbons (Fsp3) is 0.160. The lowest BCUT2D eigenvalue weighted by Gasteiger charge is -2.17. The van der Waals surface area contributed by atoms with Crippen LogP contribution >= 0.6 is 0 Å². The van der Waals surface area contributed by atoms with Gasteiger partial charge in [-0.3, -0.25) is 0 Å². The van der Waals surface area contributed by atoms with Gasteiger partial charge in [-0.15, -0.1) is 0 Å². The highest BCUT2D eigenvalue weighted by Gasteiger charge is 2.17. The van der Waals surface area contributed by atoms with E-state index < -0.39 is 0 Å². The summed E-state index contributed by atoms with van der Waals surface area (Å²) in [6.07, 6.45) is 3.44. The number of aromatic nitrogens is 3. The first kappa shape index (κ1) is 17.6. The van der Waals surface area contributed by atoms with Crippen LogP contribution in [0.4, 0.5) is 0 Å². The van der Waals surface area contributed by atoms with Gasteiger partial charge in [0.25, 0.3) is 0 Å². The van der Waals surface area contributed by atoms with Crippen molar-refractivity contribution < 1.29 is 4.42 Å². The first-order valence-electron chi connectivity index (χ1n) is 9.70. The molecule has 0 aliphatic carbocycles. The third-order valence-electron chi connectivity index (χ3n) is 5.17. The number of benzene rings is 2. The third kappa shape index (κ3) is 3.17. The molecule has 0 aliphatic rings. The first-order chi connectivity index (χ1) is 14.0. The molecule has 0 fully saturated rings. The smallest absolute Gasteiger partial charge is 0.227 e. The minimum atomic E-state index is -0.0395. The average molecular weight is 379 g/mol. The minimum absolute atomic E-state index is 0.0395. The zero-order valence-electron chi connectivity index (χ0n) is 16.7. The molecule has 29 heavy (non-hydrogen) atoms. The summed E-state index contributed by atoms with van der Waals surface area (Å²) in [6, 6.07) is 20.8. The predicted molar refractivity (Wildman–Crippen MR) is 117 cm³/mol. The second-order valence-corrected chi connectivity index (χ2v) is 8.29. The molecule has 0 saturated heterocycles. The SMILES string of the molecule is CC(C)(C)c1cc(-c2cnc3oc4ccc(-c5ccccc5)cc4c3c2)ncn1. The summed E-state index contributed by atoms with van der Waals surface area (Å²) >= 11 is 0. The van der Waals surface area contributed by atoms with Crippen molar-refractivity contribution in [1.29, 1.82) is 0 Å². The molecule has 0 amide bonds. The van der Waals surface area contributed by atoms with Crippen molar-refractivity contribution in [3.63, 3.8) is 0 Å². The fourth-order valence-electron chi connectivity index (χ4n) is 3.54. The van der Waals surface area contributed by atoms with Gasteiger partial charge in [0.05, 0.1) is 5.69 Å². The number of fused-ring (bicyclic) bond motifs is 3. The van der Waals surface area contributed by atoms with Gasteiger partial charge >= 0.3 is 0 Å².